The number of hydrogen-bond acceptors (Lipinski definition) is 4. The number of aromatic nitrogens is 3. The Balaban J connectivity index is 1.90. The first-order valence-corrected chi connectivity index (χ1v) is 13.0. The molecule has 2 aromatic carbocycles. The molecule has 4 rings (SSSR count). The number of benzene rings is 2. The highest BCUT2D eigenvalue weighted by molar-refractivity contribution is 9.10. The lowest BCUT2D eigenvalue weighted by Gasteiger charge is -2.33. The maximum absolute atomic E-state index is 13.8. The zero-order valence-electron chi connectivity index (χ0n) is 20.9. The molecule has 2 heterocycles. The van der Waals surface area contributed by atoms with E-state index in [1.807, 2.05) is 86.3 Å². The van der Waals surface area contributed by atoms with Gasteiger partial charge in [0.05, 0.1) is 28.3 Å². The second-order valence-corrected chi connectivity index (χ2v) is 9.84. The van der Waals surface area contributed by atoms with Crippen molar-refractivity contribution in [3.8, 4) is 0 Å². The summed E-state index contributed by atoms with van der Waals surface area (Å²) in [6, 6.07) is 19.1. The van der Waals surface area contributed by atoms with Gasteiger partial charge in [0.1, 0.15) is 0 Å². The summed E-state index contributed by atoms with van der Waals surface area (Å²) in [7, 11) is 0. The number of rotatable bonds is 9. The van der Waals surface area contributed by atoms with Crippen LogP contribution in [0.5, 0.6) is 0 Å². The zero-order valence-corrected chi connectivity index (χ0v) is 22.5. The van der Waals surface area contributed by atoms with E-state index in [1.165, 1.54) is 4.52 Å². The van der Waals surface area contributed by atoms with E-state index in [2.05, 4.69) is 21.0 Å². The molecule has 36 heavy (non-hydrogen) atoms. The van der Waals surface area contributed by atoms with Gasteiger partial charge in [-0.3, -0.25) is 9.36 Å². The number of carbonyl (C=O) groups excluding carboxylic acids is 1. The predicted molar refractivity (Wildman–Crippen MR) is 146 cm³/mol. The van der Waals surface area contributed by atoms with E-state index in [0.29, 0.717) is 43.6 Å². The van der Waals surface area contributed by atoms with E-state index in [9.17, 15) is 9.59 Å². The molecule has 0 fully saturated rings. The second-order valence-electron chi connectivity index (χ2n) is 9.05. The summed E-state index contributed by atoms with van der Waals surface area (Å²) in [6.07, 6.45) is 1.30. The number of aryl methyl sites for hydroxylation is 2. The van der Waals surface area contributed by atoms with Crippen molar-refractivity contribution < 1.29 is 4.79 Å². The van der Waals surface area contributed by atoms with E-state index in [-0.39, 0.29) is 17.6 Å². The first-order chi connectivity index (χ1) is 17.3. The van der Waals surface area contributed by atoms with Crippen LogP contribution in [0.3, 0.4) is 0 Å². The third-order valence-electron chi connectivity index (χ3n) is 6.48. The van der Waals surface area contributed by atoms with Gasteiger partial charge in [0.2, 0.25) is 0 Å². The lowest BCUT2D eigenvalue weighted by Crippen LogP contribution is -2.40. The molecule has 1 atom stereocenters. The fourth-order valence-corrected chi connectivity index (χ4v) is 4.91. The lowest BCUT2D eigenvalue weighted by molar-refractivity contribution is 0.0660. The topological polar surface area (TPSA) is 85.6 Å². The molecule has 1 amide bonds. The third-order valence-corrected chi connectivity index (χ3v) is 7.46. The number of amides is 1. The molecule has 2 aromatic heterocycles. The summed E-state index contributed by atoms with van der Waals surface area (Å²) in [5, 5.41) is 4.47. The van der Waals surface area contributed by atoms with E-state index >= 15 is 0 Å². The normalized spacial score (nSPS) is 12.1. The Morgan fingerprint density at radius 1 is 1.11 bits per heavy atom. The fraction of sp³-hybridized carbons (Fsp3) is 0.321. The van der Waals surface area contributed by atoms with Gasteiger partial charge in [-0.2, -0.15) is 9.61 Å². The van der Waals surface area contributed by atoms with Crippen LogP contribution in [0, 0.1) is 13.8 Å². The van der Waals surface area contributed by atoms with Gasteiger partial charge < -0.3 is 10.6 Å². The van der Waals surface area contributed by atoms with Gasteiger partial charge in [-0.05, 0) is 72.9 Å². The van der Waals surface area contributed by atoms with Crippen molar-refractivity contribution in [1.82, 2.24) is 19.1 Å². The standard InChI is InChI=1S/C28H32BrN5O2/c1-4-23(32(16-8-15-30)27(35)22-13-11-19(2)12-14-22)24-17-25-26(29)20(3)31-34(25)28(36)33(24)18-21-9-6-5-7-10-21/h5-7,9-14,17,23H,4,8,15-16,18,30H2,1-3H3/t23-/m1/s1. The fourth-order valence-electron chi connectivity index (χ4n) is 4.55. The Morgan fingerprint density at radius 3 is 2.44 bits per heavy atom. The van der Waals surface area contributed by atoms with Gasteiger partial charge in [0.25, 0.3) is 5.91 Å². The van der Waals surface area contributed by atoms with Crippen molar-refractivity contribution in [2.45, 2.75) is 46.2 Å². The summed E-state index contributed by atoms with van der Waals surface area (Å²) in [6.45, 7) is 7.24. The van der Waals surface area contributed by atoms with Crippen LogP contribution in [0.4, 0.5) is 0 Å². The van der Waals surface area contributed by atoms with Gasteiger partial charge in [0, 0.05) is 17.8 Å². The van der Waals surface area contributed by atoms with Gasteiger partial charge in [0.15, 0.2) is 0 Å². The number of hydrogen-bond donors (Lipinski definition) is 1. The molecule has 0 bridgehead atoms. The summed E-state index contributed by atoms with van der Waals surface area (Å²) in [5.41, 5.74) is 10.5. The molecule has 7 nitrogen and oxygen atoms in total. The molecule has 188 valence electrons. The van der Waals surface area contributed by atoms with E-state index in [1.54, 1.807) is 4.57 Å². The third kappa shape index (κ3) is 5.15. The van der Waals surface area contributed by atoms with Gasteiger partial charge in [-0.25, -0.2) is 4.79 Å². The Morgan fingerprint density at radius 2 is 1.81 bits per heavy atom. The molecule has 8 heteroatoms. The molecule has 0 aliphatic rings. The lowest BCUT2D eigenvalue weighted by atomic mass is 10.0. The maximum Gasteiger partial charge on any atom is 0.349 e. The average molecular weight is 551 g/mol. The maximum atomic E-state index is 13.8. The first-order valence-electron chi connectivity index (χ1n) is 12.3. The SMILES string of the molecule is CC[C@H](c1cc2c(Br)c(C)nn2c(=O)n1Cc1ccccc1)N(CCCN)C(=O)c1ccc(C)cc1. The molecule has 0 radical (unpaired) electrons. The smallest absolute Gasteiger partial charge is 0.330 e. The molecule has 0 unspecified atom stereocenters. The molecular formula is C28H32BrN5O2. The highest BCUT2D eigenvalue weighted by atomic mass is 79.9. The quantitative estimate of drug-likeness (QED) is 0.323. The summed E-state index contributed by atoms with van der Waals surface area (Å²) < 4.78 is 3.96. The Hall–Kier alpha value is -3.23. The van der Waals surface area contributed by atoms with Crippen molar-refractivity contribution >= 4 is 27.4 Å². The Labute approximate surface area is 219 Å². The van der Waals surface area contributed by atoms with E-state index in [4.69, 9.17) is 5.73 Å². The molecule has 4 aromatic rings. The van der Waals surface area contributed by atoms with Crippen LogP contribution >= 0.6 is 15.9 Å². The molecular weight excluding hydrogens is 518 g/mol. The van der Waals surface area contributed by atoms with Crippen molar-refractivity contribution in [3.05, 3.63) is 104 Å². The molecule has 0 aliphatic carbocycles. The van der Waals surface area contributed by atoms with Gasteiger partial charge in [-0.1, -0.05) is 55.0 Å². The van der Waals surface area contributed by atoms with E-state index < -0.39 is 0 Å². The second kappa shape index (κ2) is 11.2. The zero-order chi connectivity index (χ0) is 25.8. The van der Waals surface area contributed by atoms with Crippen LogP contribution in [0.15, 0.2) is 69.9 Å². The molecule has 0 spiro atoms. The van der Waals surface area contributed by atoms with Crippen LogP contribution in [-0.4, -0.2) is 38.1 Å². The minimum Gasteiger partial charge on any atom is -0.330 e. The molecule has 2 N–H and O–H groups in total. The van der Waals surface area contributed by atoms with Crippen molar-refractivity contribution in [3.63, 3.8) is 0 Å². The molecule has 0 saturated carbocycles. The number of nitrogens with two attached hydrogens (primary N) is 1. The number of fused-ring (bicyclic) bond motifs is 1. The first kappa shape index (κ1) is 25.9. The summed E-state index contributed by atoms with van der Waals surface area (Å²) in [4.78, 5) is 29.4. The minimum atomic E-state index is -0.325. The molecule has 0 aliphatic heterocycles. The van der Waals surface area contributed by atoms with Crippen LogP contribution < -0.4 is 11.4 Å². The van der Waals surface area contributed by atoms with Crippen molar-refractivity contribution in [2.24, 2.45) is 5.73 Å². The molecule has 0 saturated heterocycles. The van der Waals surface area contributed by atoms with Crippen LogP contribution in [0.25, 0.3) is 5.52 Å². The van der Waals surface area contributed by atoms with Gasteiger partial charge >= 0.3 is 5.69 Å². The van der Waals surface area contributed by atoms with Crippen LogP contribution in [0.1, 0.15) is 58.7 Å². The summed E-state index contributed by atoms with van der Waals surface area (Å²) >= 11 is 3.60. The minimum absolute atomic E-state index is 0.0716. The van der Waals surface area contributed by atoms with E-state index in [0.717, 1.165) is 27.0 Å². The monoisotopic (exact) mass is 549 g/mol. The number of nitrogens with zero attached hydrogens (tertiary/aromatic N) is 4. The largest absolute Gasteiger partial charge is 0.349 e. The van der Waals surface area contributed by atoms with Crippen LogP contribution in [0.2, 0.25) is 0 Å². The average Bonchev–Trinajstić information content (AvgIpc) is 3.18. The highest BCUT2D eigenvalue weighted by Crippen LogP contribution is 2.30. The van der Waals surface area contributed by atoms with Gasteiger partial charge in [-0.15, -0.1) is 0 Å². The highest BCUT2D eigenvalue weighted by Gasteiger charge is 2.29. The van der Waals surface area contributed by atoms with Crippen LogP contribution in [-0.2, 0) is 6.54 Å². The Kier molecular flexibility index (Phi) is 8.06. The number of halogens is 1. The Bertz CT molecular complexity index is 1410. The number of carbonyl (C=O) groups is 1. The predicted octanol–water partition coefficient (Wildman–Crippen LogP) is 4.87. The summed E-state index contributed by atoms with van der Waals surface area (Å²) in [5.74, 6) is -0.0716. The van der Waals surface area contributed by atoms with Crippen molar-refractivity contribution in [1.29, 1.82) is 0 Å². The van der Waals surface area contributed by atoms with Crippen molar-refractivity contribution in [2.75, 3.05) is 13.1 Å².